The van der Waals surface area contributed by atoms with Gasteiger partial charge in [0, 0.05) is 0 Å². The molecule has 0 aromatic carbocycles. The molecule has 2 aliphatic carbocycles. The first-order valence-electron chi connectivity index (χ1n) is 7.92. The summed E-state index contributed by atoms with van der Waals surface area (Å²) in [6.45, 7) is 19.5. The summed E-state index contributed by atoms with van der Waals surface area (Å²) in [5.74, 6) is 0.845. The van der Waals surface area contributed by atoms with Crippen molar-refractivity contribution < 1.29 is 30.3 Å². The Bertz CT molecular complexity index is 509. The van der Waals surface area contributed by atoms with Crippen LogP contribution in [0.5, 0.6) is 0 Å². The molecule has 0 N–H and O–H groups in total. The van der Waals surface area contributed by atoms with Crippen LogP contribution in [0.3, 0.4) is 0 Å². The van der Waals surface area contributed by atoms with Gasteiger partial charge in [0.15, 0.2) is 0 Å². The molecule has 0 aromatic rings. The molecule has 0 aromatic heterocycles. The van der Waals surface area contributed by atoms with Gasteiger partial charge in [-0.3, -0.25) is 0 Å². The van der Waals surface area contributed by atoms with Gasteiger partial charge >= 0.3 is 134 Å². The van der Waals surface area contributed by atoms with Crippen LogP contribution in [0, 0.1) is 11.8 Å². The van der Waals surface area contributed by atoms with E-state index in [1.165, 1.54) is 0 Å². The molecular formula is C18H29F2SiZr. The molecule has 0 nitrogen and oxygen atoms in total. The Hall–Kier alpha value is -0.0800. The fourth-order valence-corrected chi connectivity index (χ4v) is 26.5. The van der Waals surface area contributed by atoms with Crippen molar-refractivity contribution >= 4 is 5.92 Å². The van der Waals surface area contributed by atoms with Crippen molar-refractivity contribution in [2.45, 2.75) is 54.6 Å². The molecule has 22 heavy (non-hydrogen) atoms. The fourth-order valence-electron chi connectivity index (χ4n) is 3.94. The van der Waals surface area contributed by atoms with Crippen LogP contribution in [-0.4, -0.2) is 5.92 Å². The third-order valence-corrected chi connectivity index (χ3v) is 25.3. The molecule has 4 heteroatoms. The molecule has 0 amide bonds. The molecule has 0 radical (unpaired) electrons. The molecule has 2 rings (SSSR count). The van der Waals surface area contributed by atoms with Gasteiger partial charge in [-0.25, -0.2) is 0 Å². The summed E-state index contributed by atoms with van der Waals surface area (Å²) in [6.07, 6.45) is 5.02. The molecule has 2 unspecified atom stereocenters. The molecule has 0 spiro atoms. The Kier molecular flexibility index (Phi) is 8.12. The van der Waals surface area contributed by atoms with Gasteiger partial charge in [-0.1, -0.05) is 0 Å². The third-order valence-electron chi connectivity index (χ3n) is 5.06. The summed E-state index contributed by atoms with van der Waals surface area (Å²) in [5, 5.41) is 0. The molecule has 0 bridgehead atoms. The minimum absolute atomic E-state index is 0. The third kappa shape index (κ3) is 3.70. The van der Waals surface area contributed by atoms with Gasteiger partial charge < -0.3 is 9.41 Å². The predicted octanol–water partition coefficient (Wildman–Crippen LogP) is -0.664. The van der Waals surface area contributed by atoms with Gasteiger partial charge in [-0.15, -0.1) is 0 Å². The first-order chi connectivity index (χ1) is 9.25. The van der Waals surface area contributed by atoms with E-state index in [2.05, 4.69) is 66.8 Å². The normalized spacial score (nSPS) is 24.2. The van der Waals surface area contributed by atoms with E-state index in [0.29, 0.717) is 11.8 Å². The molecule has 0 saturated heterocycles. The molecule has 2 atom stereocenters. The first kappa shape index (κ1) is 21.9. The van der Waals surface area contributed by atoms with Crippen molar-refractivity contribution in [2.75, 3.05) is 0 Å². The van der Waals surface area contributed by atoms with Gasteiger partial charge in [0.05, 0.1) is 0 Å². The largest absolute Gasteiger partial charge is 1.00 e. The van der Waals surface area contributed by atoms with Crippen LogP contribution >= 0.6 is 0 Å². The zero-order chi connectivity index (χ0) is 15.2. The smallest absolute Gasteiger partial charge is 1.00 e. The van der Waals surface area contributed by atoms with Crippen LogP contribution in [0.25, 0.3) is 0 Å². The number of rotatable bonds is 3. The molecular weight excluding hydrogens is 374 g/mol. The second kappa shape index (κ2) is 8.15. The monoisotopic (exact) mass is 401 g/mol. The quantitative estimate of drug-likeness (QED) is 0.550. The van der Waals surface area contributed by atoms with Crippen molar-refractivity contribution in [2.24, 2.45) is 11.8 Å². The van der Waals surface area contributed by atoms with E-state index in [-0.39, 0.29) is 9.41 Å². The molecule has 0 fully saturated rings. The maximum atomic E-state index is 2.61. The van der Waals surface area contributed by atoms with Crippen LogP contribution in [-0.2, 0) is 20.9 Å². The van der Waals surface area contributed by atoms with Crippen LogP contribution in [0.1, 0.15) is 41.5 Å². The summed E-state index contributed by atoms with van der Waals surface area (Å²) in [6, 6.07) is 0. The second-order valence-corrected chi connectivity index (χ2v) is 25.8. The van der Waals surface area contributed by atoms with Crippen molar-refractivity contribution in [1.29, 1.82) is 0 Å². The summed E-state index contributed by atoms with van der Waals surface area (Å²) in [7, 11) is 0. The predicted molar refractivity (Wildman–Crippen MR) is 90.1 cm³/mol. The molecule has 0 saturated carbocycles. The maximum Gasteiger partial charge on any atom is -1.00 e. The van der Waals surface area contributed by atoms with Gasteiger partial charge in [-0.2, -0.15) is 0 Å². The zero-order valence-corrected chi connectivity index (χ0v) is 18.8. The van der Waals surface area contributed by atoms with E-state index in [1.807, 2.05) is 6.56 Å². The Morgan fingerprint density at radius 2 is 1.09 bits per heavy atom. The van der Waals surface area contributed by atoms with Crippen molar-refractivity contribution in [3.63, 3.8) is 0 Å². The minimum atomic E-state index is -1.62. The number of halogens is 2. The number of hydrogen-bond acceptors (Lipinski definition) is 0. The van der Waals surface area contributed by atoms with E-state index in [4.69, 9.17) is 0 Å². The second-order valence-electron chi connectivity index (χ2n) is 6.92. The Balaban J connectivity index is 0.00000220. The van der Waals surface area contributed by atoms with Crippen LogP contribution in [0.15, 0.2) is 41.0 Å². The molecule has 0 heterocycles. The van der Waals surface area contributed by atoms with Gasteiger partial charge in [-0.05, 0) is 0 Å². The fraction of sp³-hybridized carbons (Fsp3) is 0.556. The molecule has 123 valence electrons. The van der Waals surface area contributed by atoms with Gasteiger partial charge in [0.1, 0.15) is 0 Å². The standard InChI is InChI=1S/2C8H11.C2H7Si.2FH.Zr/c2*1-6-4-7(2)8(3)5-6;1-3-2;;;/h2*4,6H,1-3H3;3H,1-2H3;2*1H;/q;;;;;+2/p-2. The topological polar surface area (TPSA) is 0 Å². The van der Waals surface area contributed by atoms with Gasteiger partial charge in [0.25, 0.3) is 0 Å². The summed E-state index contributed by atoms with van der Waals surface area (Å²) >= 11 is -1.62. The van der Waals surface area contributed by atoms with Crippen molar-refractivity contribution in [3.8, 4) is 0 Å². The van der Waals surface area contributed by atoms with E-state index in [1.54, 1.807) is 22.3 Å². The average Bonchev–Trinajstić information content (AvgIpc) is 2.72. The van der Waals surface area contributed by atoms with E-state index >= 15 is 0 Å². The Labute approximate surface area is 143 Å². The van der Waals surface area contributed by atoms with Crippen molar-refractivity contribution in [1.82, 2.24) is 0 Å². The summed E-state index contributed by atoms with van der Waals surface area (Å²) in [5.41, 5.74) is 6.41. The van der Waals surface area contributed by atoms with Crippen LogP contribution < -0.4 is 9.41 Å². The maximum absolute atomic E-state index is 2.61. The van der Waals surface area contributed by atoms with E-state index in [0.717, 1.165) is 0 Å². The SMILES string of the molecule is CC1=CC(C)[C]([Zr+2]([C]2=C(C)C(C)=CC2C)[SiH](C)C)=C1C.[F-].[F-]. The van der Waals surface area contributed by atoms with Crippen LogP contribution in [0.4, 0.5) is 0 Å². The number of hydrogen-bond donors (Lipinski definition) is 0. The van der Waals surface area contributed by atoms with Crippen molar-refractivity contribution in [3.05, 3.63) is 41.0 Å². The Morgan fingerprint density at radius 1 is 0.773 bits per heavy atom. The summed E-state index contributed by atoms with van der Waals surface area (Å²) < 4.78 is 3.85. The number of allylic oxidation sites excluding steroid dienone is 8. The molecule has 0 aliphatic heterocycles. The van der Waals surface area contributed by atoms with Gasteiger partial charge in [0.2, 0.25) is 0 Å². The summed E-state index contributed by atoms with van der Waals surface area (Å²) in [4.78, 5) is 0. The average molecular weight is 403 g/mol. The van der Waals surface area contributed by atoms with Crippen LogP contribution in [0.2, 0.25) is 13.1 Å². The van der Waals surface area contributed by atoms with E-state index in [9.17, 15) is 0 Å². The minimum Gasteiger partial charge on any atom is -1.00 e. The first-order valence-corrected chi connectivity index (χ1v) is 17.5. The Morgan fingerprint density at radius 3 is 1.27 bits per heavy atom. The van der Waals surface area contributed by atoms with E-state index < -0.39 is 26.8 Å². The molecule has 2 aliphatic rings. The zero-order valence-electron chi connectivity index (χ0n) is 15.1.